The fourth-order valence-corrected chi connectivity index (χ4v) is 3.76. The van der Waals surface area contributed by atoms with Gasteiger partial charge in [-0.15, -0.1) is 11.3 Å². The third-order valence-electron chi connectivity index (χ3n) is 3.97. The van der Waals surface area contributed by atoms with Crippen LogP contribution in [-0.2, 0) is 9.47 Å². The van der Waals surface area contributed by atoms with Crippen molar-refractivity contribution in [2.24, 2.45) is 0 Å². The highest BCUT2D eigenvalue weighted by atomic mass is 32.1. The van der Waals surface area contributed by atoms with Crippen molar-refractivity contribution >= 4 is 28.7 Å². The standard InChI is InChI=1S/C19H31N3O4S/c1-12-14(13-10-9-11-22(13)17(24)26-19(5,6)7)20-15(27-12)21(8)16(23)25-18(2,3)4/h13H,9-11H2,1-8H3/t13-/m1/s1. The second-order valence-electron chi connectivity index (χ2n) is 8.81. The summed E-state index contributed by atoms with van der Waals surface area (Å²) in [6, 6.07) is -0.128. The number of likely N-dealkylation sites (tertiary alicyclic amines) is 1. The van der Waals surface area contributed by atoms with Crippen LogP contribution in [-0.4, -0.2) is 46.9 Å². The molecule has 0 unspecified atom stereocenters. The Morgan fingerprint density at radius 2 is 1.74 bits per heavy atom. The molecule has 2 amide bonds. The van der Waals surface area contributed by atoms with Crippen molar-refractivity contribution in [2.75, 3.05) is 18.5 Å². The summed E-state index contributed by atoms with van der Waals surface area (Å²) in [5.41, 5.74) is -0.281. The minimum Gasteiger partial charge on any atom is -0.444 e. The lowest BCUT2D eigenvalue weighted by Crippen LogP contribution is -2.36. The lowest BCUT2D eigenvalue weighted by atomic mass is 10.1. The third-order valence-corrected chi connectivity index (χ3v) is 5.03. The molecule has 152 valence electrons. The van der Waals surface area contributed by atoms with Crippen LogP contribution in [0.4, 0.5) is 14.7 Å². The average Bonchev–Trinajstić information content (AvgIpc) is 3.08. The van der Waals surface area contributed by atoms with Gasteiger partial charge in [0.05, 0.1) is 11.7 Å². The van der Waals surface area contributed by atoms with Gasteiger partial charge in [0.2, 0.25) is 0 Å². The zero-order chi connectivity index (χ0) is 20.6. The summed E-state index contributed by atoms with van der Waals surface area (Å²) in [5, 5.41) is 0.563. The highest BCUT2D eigenvalue weighted by Gasteiger charge is 2.36. The van der Waals surface area contributed by atoms with Crippen LogP contribution in [0, 0.1) is 6.92 Å². The van der Waals surface area contributed by atoms with Gasteiger partial charge in [-0.2, -0.15) is 0 Å². The van der Waals surface area contributed by atoms with Gasteiger partial charge in [-0.05, 0) is 61.3 Å². The minimum absolute atomic E-state index is 0.128. The Balaban J connectivity index is 2.19. The normalized spacial score (nSPS) is 17.8. The van der Waals surface area contributed by atoms with E-state index in [1.54, 1.807) is 11.9 Å². The van der Waals surface area contributed by atoms with Gasteiger partial charge in [-0.3, -0.25) is 9.80 Å². The van der Waals surface area contributed by atoms with Gasteiger partial charge in [0.25, 0.3) is 0 Å². The van der Waals surface area contributed by atoms with Crippen molar-refractivity contribution in [3.8, 4) is 0 Å². The zero-order valence-electron chi connectivity index (χ0n) is 17.6. The molecule has 0 saturated carbocycles. The molecular formula is C19H31N3O4S. The van der Waals surface area contributed by atoms with Crippen LogP contribution in [0.3, 0.4) is 0 Å². The first-order chi connectivity index (χ1) is 12.3. The van der Waals surface area contributed by atoms with Crippen molar-refractivity contribution in [2.45, 2.75) is 78.6 Å². The number of aromatic nitrogens is 1. The molecule has 8 heteroatoms. The summed E-state index contributed by atoms with van der Waals surface area (Å²) >= 11 is 1.43. The highest BCUT2D eigenvalue weighted by Crippen LogP contribution is 2.38. The average molecular weight is 398 g/mol. The Labute approximate surface area is 165 Å². The fourth-order valence-electron chi connectivity index (χ4n) is 2.84. The number of amides is 2. The number of carbonyl (C=O) groups excluding carboxylic acids is 2. The van der Waals surface area contributed by atoms with Crippen LogP contribution in [0.15, 0.2) is 0 Å². The monoisotopic (exact) mass is 397 g/mol. The Morgan fingerprint density at radius 1 is 1.15 bits per heavy atom. The van der Waals surface area contributed by atoms with Crippen molar-refractivity contribution < 1.29 is 19.1 Å². The molecule has 1 aliphatic heterocycles. The number of carbonyl (C=O) groups is 2. The summed E-state index contributed by atoms with van der Waals surface area (Å²) in [7, 11) is 1.65. The van der Waals surface area contributed by atoms with Gasteiger partial charge >= 0.3 is 12.2 Å². The maximum atomic E-state index is 12.6. The van der Waals surface area contributed by atoms with Crippen LogP contribution in [0.1, 0.15) is 71.0 Å². The Kier molecular flexibility index (Phi) is 6.09. The van der Waals surface area contributed by atoms with Gasteiger partial charge in [0, 0.05) is 18.5 Å². The van der Waals surface area contributed by atoms with Crippen LogP contribution in [0.25, 0.3) is 0 Å². The quantitative estimate of drug-likeness (QED) is 0.710. The van der Waals surface area contributed by atoms with E-state index in [9.17, 15) is 9.59 Å². The largest absolute Gasteiger partial charge is 0.444 e. The topological polar surface area (TPSA) is 72.0 Å². The predicted molar refractivity (Wildman–Crippen MR) is 106 cm³/mol. The summed E-state index contributed by atoms with van der Waals surface area (Å²) in [6.07, 6.45) is 0.968. The number of hydrogen-bond acceptors (Lipinski definition) is 6. The van der Waals surface area contributed by atoms with Crippen molar-refractivity contribution in [3.63, 3.8) is 0 Å². The molecule has 27 heavy (non-hydrogen) atoms. The molecule has 7 nitrogen and oxygen atoms in total. The molecule has 0 bridgehead atoms. The molecule has 1 aromatic rings. The third kappa shape index (κ3) is 5.57. The Hall–Kier alpha value is -1.83. The van der Waals surface area contributed by atoms with Gasteiger partial charge in [0.15, 0.2) is 5.13 Å². The van der Waals surface area contributed by atoms with Crippen LogP contribution in [0.2, 0.25) is 0 Å². The van der Waals surface area contributed by atoms with E-state index in [1.165, 1.54) is 16.2 Å². The Morgan fingerprint density at radius 3 is 2.30 bits per heavy atom. The first-order valence-electron chi connectivity index (χ1n) is 9.22. The SMILES string of the molecule is Cc1sc(N(C)C(=O)OC(C)(C)C)nc1[C@H]1CCCN1C(=O)OC(C)(C)C. The van der Waals surface area contributed by atoms with E-state index in [1.807, 2.05) is 48.5 Å². The number of anilines is 1. The van der Waals surface area contributed by atoms with Gasteiger partial charge in [-0.1, -0.05) is 0 Å². The van der Waals surface area contributed by atoms with E-state index in [0.29, 0.717) is 11.7 Å². The number of thiazole rings is 1. The molecule has 0 radical (unpaired) electrons. The maximum Gasteiger partial charge on any atom is 0.416 e. The van der Waals surface area contributed by atoms with Crippen LogP contribution in [0.5, 0.6) is 0 Å². The zero-order valence-corrected chi connectivity index (χ0v) is 18.4. The number of nitrogens with zero attached hydrogens (tertiary/aromatic N) is 3. The second kappa shape index (κ2) is 7.66. The molecule has 1 aliphatic rings. The lowest BCUT2D eigenvalue weighted by molar-refractivity contribution is 0.0221. The fraction of sp³-hybridized carbons (Fsp3) is 0.737. The number of ether oxygens (including phenoxy) is 2. The van der Waals surface area contributed by atoms with Gasteiger partial charge < -0.3 is 9.47 Å². The molecule has 1 saturated heterocycles. The first-order valence-corrected chi connectivity index (χ1v) is 10.0. The molecule has 1 atom stereocenters. The molecule has 2 heterocycles. The van der Waals surface area contributed by atoms with Crippen molar-refractivity contribution in [1.82, 2.24) is 9.88 Å². The molecule has 0 N–H and O–H groups in total. The summed E-state index contributed by atoms with van der Waals surface area (Å²) in [4.78, 5) is 33.7. The number of rotatable bonds is 2. The number of aryl methyl sites for hydroxylation is 1. The summed E-state index contributed by atoms with van der Waals surface area (Å²) < 4.78 is 11.0. The molecule has 1 aromatic heterocycles. The highest BCUT2D eigenvalue weighted by molar-refractivity contribution is 7.15. The van der Waals surface area contributed by atoms with Crippen molar-refractivity contribution in [1.29, 1.82) is 0 Å². The van der Waals surface area contributed by atoms with Crippen LogP contribution >= 0.6 is 11.3 Å². The first kappa shape index (κ1) is 21.5. The molecular weight excluding hydrogens is 366 g/mol. The molecule has 1 fully saturated rings. The molecule has 2 rings (SSSR count). The van der Waals surface area contributed by atoms with Crippen LogP contribution < -0.4 is 4.90 Å². The second-order valence-corrected chi connectivity index (χ2v) is 9.99. The summed E-state index contributed by atoms with van der Waals surface area (Å²) in [5.74, 6) is 0. The lowest BCUT2D eigenvalue weighted by Gasteiger charge is -2.28. The van der Waals surface area contributed by atoms with Gasteiger partial charge in [-0.25, -0.2) is 14.6 Å². The van der Waals surface area contributed by atoms with E-state index in [2.05, 4.69) is 4.98 Å². The number of hydrogen-bond donors (Lipinski definition) is 0. The van der Waals surface area contributed by atoms with E-state index < -0.39 is 17.3 Å². The molecule has 0 aromatic carbocycles. The smallest absolute Gasteiger partial charge is 0.416 e. The van der Waals surface area contributed by atoms with Gasteiger partial charge in [0.1, 0.15) is 11.2 Å². The molecule has 0 aliphatic carbocycles. The van der Waals surface area contributed by atoms with E-state index in [4.69, 9.17) is 9.47 Å². The van der Waals surface area contributed by atoms with Crippen molar-refractivity contribution in [3.05, 3.63) is 10.6 Å². The minimum atomic E-state index is -0.570. The van der Waals surface area contributed by atoms with E-state index in [-0.39, 0.29) is 12.1 Å². The summed E-state index contributed by atoms with van der Waals surface area (Å²) in [6.45, 7) is 13.7. The predicted octanol–water partition coefficient (Wildman–Crippen LogP) is 4.89. The Bertz CT molecular complexity index is 703. The van der Waals surface area contributed by atoms with E-state index >= 15 is 0 Å². The van der Waals surface area contributed by atoms with E-state index in [0.717, 1.165) is 23.4 Å². The maximum absolute atomic E-state index is 12.6. The molecule has 0 spiro atoms.